The van der Waals surface area contributed by atoms with E-state index >= 15 is 0 Å². The lowest BCUT2D eigenvalue weighted by Gasteiger charge is -2.28. The summed E-state index contributed by atoms with van der Waals surface area (Å²) in [7, 11) is 0. The van der Waals surface area contributed by atoms with Crippen LogP contribution < -0.4 is 5.32 Å². The van der Waals surface area contributed by atoms with Crippen LogP contribution in [0.1, 0.15) is 65.7 Å². The molecule has 7 heteroatoms. The lowest BCUT2D eigenvalue weighted by atomic mass is 10.0. The zero-order valence-corrected chi connectivity index (χ0v) is 19.3. The third-order valence-corrected chi connectivity index (χ3v) is 5.82. The number of imidazole rings is 1. The molecule has 0 bridgehead atoms. The Bertz CT molecular complexity index is 1180. The van der Waals surface area contributed by atoms with Gasteiger partial charge in [-0.25, -0.2) is 4.98 Å². The smallest absolute Gasteiger partial charge is 0.262 e. The van der Waals surface area contributed by atoms with Crippen molar-refractivity contribution in [1.82, 2.24) is 14.5 Å². The number of hydrogen-bond acceptors (Lipinski definition) is 4. The summed E-state index contributed by atoms with van der Waals surface area (Å²) < 4.78 is 2.08. The average Bonchev–Trinajstić information content (AvgIpc) is 3.33. The molecule has 1 N–H and O–H groups in total. The van der Waals surface area contributed by atoms with Crippen LogP contribution in [0.4, 0.5) is 5.69 Å². The summed E-state index contributed by atoms with van der Waals surface area (Å²) >= 11 is 0. The molecule has 0 saturated carbocycles. The highest BCUT2D eigenvalue weighted by Gasteiger charge is 2.43. The van der Waals surface area contributed by atoms with Gasteiger partial charge in [0.1, 0.15) is 11.9 Å². The lowest BCUT2D eigenvalue weighted by molar-refractivity contribution is -0.121. The topological polar surface area (TPSA) is 84.3 Å². The summed E-state index contributed by atoms with van der Waals surface area (Å²) in [6.07, 6.45) is 3.73. The van der Waals surface area contributed by atoms with Crippen LogP contribution in [0, 0.1) is 5.92 Å². The zero-order chi connectivity index (χ0) is 23.7. The summed E-state index contributed by atoms with van der Waals surface area (Å²) in [5.74, 6) is -0.208. The quantitative estimate of drug-likeness (QED) is 0.550. The van der Waals surface area contributed by atoms with Crippen molar-refractivity contribution in [2.45, 2.75) is 46.2 Å². The Balaban J connectivity index is 1.54. The largest absolute Gasteiger partial charge is 0.330 e. The molecule has 1 aliphatic rings. The number of anilines is 1. The van der Waals surface area contributed by atoms with Gasteiger partial charge in [0, 0.05) is 30.5 Å². The van der Waals surface area contributed by atoms with Crippen LogP contribution in [0.15, 0.2) is 60.9 Å². The van der Waals surface area contributed by atoms with Gasteiger partial charge in [-0.15, -0.1) is 0 Å². The molecule has 1 unspecified atom stereocenters. The highest BCUT2D eigenvalue weighted by Crippen LogP contribution is 2.28. The minimum Gasteiger partial charge on any atom is -0.330 e. The summed E-state index contributed by atoms with van der Waals surface area (Å²) in [6.45, 7) is 8.48. The van der Waals surface area contributed by atoms with Crippen molar-refractivity contribution in [1.29, 1.82) is 0 Å². The Morgan fingerprint density at radius 2 is 1.64 bits per heavy atom. The molecule has 1 aliphatic heterocycles. The molecule has 170 valence electrons. The van der Waals surface area contributed by atoms with E-state index in [1.165, 1.54) is 0 Å². The number of nitrogens with zero attached hydrogens (tertiary/aromatic N) is 3. The minimum atomic E-state index is -0.915. The molecular formula is C26H28N4O3. The normalized spacial score (nSPS) is 14.2. The van der Waals surface area contributed by atoms with E-state index in [4.69, 9.17) is 0 Å². The van der Waals surface area contributed by atoms with E-state index in [0.717, 1.165) is 16.3 Å². The number of hydrogen-bond donors (Lipinski definition) is 1. The molecule has 0 radical (unpaired) electrons. The Morgan fingerprint density at radius 1 is 0.970 bits per heavy atom. The van der Waals surface area contributed by atoms with E-state index in [1.807, 2.05) is 38.2 Å². The number of aromatic nitrogens is 2. The molecule has 4 rings (SSSR count). The van der Waals surface area contributed by atoms with Gasteiger partial charge in [0.25, 0.3) is 11.8 Å². The van der Waals surface area contributed by atoms with E-state index in [2.05, 4.69) is 28.7 Å². The van der Waals surface area contributed by atoms with Gasteiger partial charge in [0.05, 0.1) is 11.1 Å². The summed E-state index contributed by atoms with van der Waals surface area (Å²) in [4.78, 5) is 44.7. The van der Waals surface area contributed by atoms with Crippen LogP contribution in [-0.2, 0) is 11.3 Å². The van der Waals surface area contributed by atoms with Gasteiger partial charge in [0.2, 0.25) is 5.91 Å². The first-order chi connectivity index (χ1) is 15.8. The SMILES string of the molecule is CC(C)c1nccn1Cc1cccc(NC(=O)C(C(C)C)N2C(=O)c3ccccc3C2=O)c1. The molecule has 0 saturated heterocycles. The van der Waals surface area contributed by atoms with E-state index in [0.29, 0.717) is 29.3 Å². The van der Waals surface area contributed by atoms with E-state index < -0.39 is 17.9 Å². The van der Waals surface area contributed by atoms with Gasteiger partial charge in [-0.05, 0) is 35.7 Å². The van der Waals surface area contributed by atoms with Crippen molar-refractivity contribution in [3.05, 3.63) is 83.4 Å². The summed E-state index contributed by atoms with van der Waals surface area (Å²) in [5.41, 5.74) is 2.30. The second-order valence-corrected chi connectivity index (χ2v) is 8.97. The second-order valence-electron chi connectivity index (χ2n) is 8.97. The van der Waals surface area contributed by atoms with Gasteiger partial charge >= 0.3 is 0 Å². The molecule has 3 amide bonds. The maximum atomic E-state index is 13.3. The fourth-order valence-corrected chi connectivity index (χ4v) is 4.29. The zero-order valence-electron chi connectivity index (χ0n) is 19.3. The molecular weight excluding hydrogens is 416 g/mol. The lowest BCUT2D eigenvalue weighted by Crippen LogP contribution is -2.50. The van der Waals surface area contributed by atoms with Gasteiger partial charge in [0.15, 0.2) is 0 Å². The maximum absolute atomic E-state index is 13.3. The average molecular weight is 445 g/mol. The van der Waals surface area contributed by atoms with Crippen LogP contribution >= 0.6 is 0 Å². The molecule has 2 aromatic carbocycles. The Labute approximate surface area is 193 Å². The number of carbonyl (C=O) groups excluding carboxylic acids is 3. The number of carbonyl (C=O) groups is 3. The first-order valence-electron chi connectivity index (χ1n) is 11.2. The highest BCUT2D eigenvalue weighted by molar-refractivity contribution is 6.23. The second kappa shape index (κ2) is 9.02. The number of nitrogens with one attached hydrogen (secondary N) is 1. The third-order valence-electron chi connectivity index (χ3n) is 5.82. The summed E-state index contributed by atoms with van der Waals surface area (Å²) in [5, 5.41) is 2.92. The Morgan fingerprint density at radius 3 is 2.24 bits per heavy atom. The van der Waals surface area contributed by atoms with Crippen LogP contribution in [0.5, 0.6) is 0 Å². The first-order valence-corrected chi connectivity index (χ1v) is 11.2. The van der Waals surface area contributed by atoms with E-state index in [-0.39, 0.29) is 11.8 Å². The van der Waals surface area contributed by atoms with Crippen LogP contribution in [-0.4, -0.2) is 38.2 Å². The number of rotatable bonds is 7. The van der Waals surface area contributed by atoms with Crippen LogP contribution in [0.2, 0.25) is 0 Å². The molecule has 3 aromatic rings. The Hall–Kier alpha value is -3.74. The van der Waals surface area contributed by atoms with Crippen molar-refractivity contribution in [2.24, 2.45) is 5.92 Å². The van der Waals surface area contributed by atoms with Gasteiger partial charge in [-0.2, -0.15) is 0 Å². The highest BCUT2D eigenvalue weighted by atomic mass is 16.2. The number of amides is 3. The minimum absolute atomic E-state index is 0.255. The molecule has 1 aromatic heterocycles. The molecule has 7 nitrogen and oxygen atoms in total. The first kappa shape index (κ1) is 22.5. The number of imide groups is 1. The van der Waals surface area contributed by atoms with Gasteiger partial charge < -0.3 is 9.88 Å². The van der Waals surface area contributed by atoms with E-state index in [9.17, 15) is 14.4 Å². The summed E-state index contributed by atoms with van der Waals surface area (Å²) in [6, 6.07) is 13.3. The molecule has 0 aliphatic carbocycles. The van der Waals surface area contributed by atoms with Crippen LogP contribution in [0.3, 0.4) is 0 Å². The number of fused-ring (bicyclic) bond motifs is 1. The maximum Gasteiger partial charge on any atom is 0.262 e. The standard InChI is InChI=1S/C26H28N4O3/c1-16(2)22(30-25(32)20-10-5-6-11-21(20)26(30)33)24(31)28-19-9-7-8-18(14-19)15-29-13-12-27-23(29)17(3)4/h5-14,16-17,22H,15H2,1-4H3,(H,28,31). The van der Waals surface area contributed by atoms with Crippen molar-refractivity contribution in [3.8, 4) is 0 Å². The third kappa shape index (κ3) is 4.31. The van der Waals surface area contributed by atoms with Crippen molar-refractivity contribution >= 4 is 23.4 Å². The molecule has 1 atom stereocenters. The van der Waals surface area contributed by atoms with Crippen molar-refractivity contribution in [2.75, 3.05) is 5.32 Å². The molecule has 33 heavy (non-hydrogen) atoms. The molecule has 0 fully saturated rings. The van der Waals surface area contributed by atoms with Crippen molar-refractivity contribution in [3.63, 3.8) is 0 Å². The molecule has 0 spiro atoms. The fourth-order valence-electron chi connectivity index (χ4n) is 4.29. The fraction of sp³-hybridized carbons (Fsp3) is 0.308. The monoisotopic (exact) mass is 444 g/mol. The van der Waals surface area contributed by atoms with Gasteiger partial charge in [-0.3, -0.25) is 19.3 Å². The number of benzene rings is 2. The predicted octanol–water partition coefficient (Wildman–Crippen LogP) is 4.31. The Kier molecular flexibility index (Phi) is 6.14. The van der Waals surface area contributed by atoms with Gasteiger partial charge in [-0.1, -0.05) is 52.0 Å². The van der Waals surface area contributed by atoms with Crippen LogP contribution in [0.25, 0.3) is 0 Å². The molecule has 2 heterocycles. The van der Waals surface area contributed by atoms with E-state index in [1.54, 1.807) is 36.5 Å². The van der Waals surface area contributed by atoms with Crippen molar-refractivity contribution < 1.29 is 14.4 Å². The predicted molar refractivity (Wildman–Crippen MR) is 126 cm³/mol.